The molecule has 0 spiro atoms. The van der Waals surface area contributed by atoms with Gasteiger partial charge in [-0.2, -0.15) is 5.10 Å². The van der Waals surface area contributed by atoms with Gasteiger partial charge in [-0.1, -0.05) is 37.6 Å². The highest BCUT2D eigenvalue weighted by Gasteiger charge is 2.39. The minimum atomic E-state index is -1.15. The molecule has 5 nitrogen and oxygen atoms in total. The molecule has 0 aliphatic carbocycles. The molecule has 1 aromatic carbocycles. The Morgan fingerprint density at radius 2 is 1.73 bits per heavy atom. The molecule has 0 aliphatic rings. The highest BCUT2D eigenvalue weighted by molar-refractivity contribution is 6.34. The van der Waals surface area contributed by atoms with Crippen LogP contribution in [0, 0.1) is 0 Å². The highest BCUT2D eigenvalue weighted by Crippen LogP contribution is 2.34. The maximum absolute atomic E-state index is 12.9. The van der Waals surface area contributed by atoms with Crippen molar-refractivity contribution in [2.24, 2.45) is 5.10 Å². The molecule has 0 heterocycles. The number of likely N-dealkylation sites (N-methyl/N-ethyl adjacent to an activating group) is 1. The second kappa shape index (κ2) is 7.40. The number of hydrazone groups is 1. The summed E-state index contributed by atoms with van der Waals surface area (Å²) < 4.78 is 0. The van der Waals surface area contributed by atoms with Gasteiger partial charge in [0.1, 0.15) is 5.71 Å². The molecule has 6 heteroatoms. The Kier molecular flexibility index (Phi) is 6.11. The zero-order valence-electron chi connectivity index (χ0n) is 13.3. The van der Waals surface area contributed by atoms with Crippen molar-refractivity contribution in [1.82, 2.24) is 5.01 Å². The maximum atomic E-state index is 12.9. The van der Waals surface area contributed by atoms with Crippen LogP contribution in [0.3, 0.4) is 0 Å². The Balaban J connectivity index is 3.24. The minimum absolute atomic E-state index is 0.131. The van der Waals surface area contributed by atoms with Crippen LogP contribution < -0.4 is 0 Å². The summed E-state index contributed by atoms with van der Waals surface area (Å²) in [5.41, 5.74) is -0.0308. The number of aliphatic carboxylic acids is 1. The molecule has 0 bridgehead atoms. The van der Waals surface area contributed by atoms with Crippen LogP contribution in [-0.2, 0) is 15.0 Å². The number of amides is 1. The zero-order valence-corrected chi connectivity index (χ0v) is 14.0. The van der Waals surface area contributed by atoms with Crippen molar-refractivity contribution in [3.63, 3.8) is 0 Å². The van der Waals surface area contributed by atoms with Gasteiger partial charge in [-0.25, -0.2) is 9.80 Å². The van der Waals surface area contributed by atoms with Crippen LogP contribution in [0.25, 0.3) is 0 Å². The first-order valence-corrected chi connectivity index (χ1v) is 7.49. The predicted octanol–water partition coefficient (Wildman–Crippen LogP) is 3.32. The number of hydrogen-bond donors (Lipinski definition) is 1. The van der Waals surface area contributed by atoms with Crippen LogP contribution in [0.15, 0.2) is 29.4 Å². The van der Waals surface area contributed by atoms with E-state index in [-0.39, 0.29) is 11.6 Å². The molecular formula is C16H21ClN2O3. The topological polar surface area (TPSA) is 70.0 Å². The second-order valence-electron chi connectivity index (χ2n) is 5.12. The number of carboxylic acids is 1. The van der Waals surface area contributed by atoms with E-state index in [9.17, 15) is 9.59 Å². The number of carbonyl (C=O) groups is 2. The number of halogens is 1. The molecular weight excluding hydrogens is 304 g/mol. The summed E-state index contributed by atoms with van der Waals surface area (Å²) in [6.45, 7) is 5.21. The smallest absolute Gasteiger partial charge is 0.351 e. The average molecular weight is 325 g/mol. The molecule has 0 atom stereocenters. The quantitative estimate of drug-likeness (QED) is 0.644. The van der Waals surface area contributed by atoms with E-state index in [1.165, 1.54) is 14.0 Å². The lowest BCUT2D eigenvalue weighted by Crippen LogP contribution is -2.43. The normalized spacial score (nSPS) is 12.1. The molecule has 1 amide bonds. The van der Waals surface area contributed by atoms with Gasteiger partial charge in [0.05, 0.1) is 5.41 Å². The third kappa shape index (κ3) is 3.65. The third-order valence-corrected chi connectivity index (χ3v) is 4.17. The van der Waals surface area contributed by atoms with Crippen LogP contribution in [0.5, 0.6) is 0 Å². The first-order valence-electron chi connectivity index (χ1n) is 7.11. The number of hydrogen-bond acceptors (Lipinski definition) is 3. The van der Waals surface area contributed by atoms with Gasteiger partial charge >= 0.3 is 5.97 Å². The Morgan fingerprint density at radius 1 is 1.23 bits per heavy atom. The van der Waals surface area contributed by atoms with Crippen LogP contribution in [0.1, 0.15) is 39.2 Å². The van der Waals surface area contributed by atoms with E-state index < -0.39 is 11.4 Å². The number of carbonyl (C=O) groups excluding carboxylic acids is 1. The fraction of sp³-hybridized carbons (Fsp3) is 0.438. The van der Waals surface area contributed by atoms with E-state index in [2.05, 4.69) is 5.10 Å². The molecule has 0 saturated carbocycles. The Labute approximate surface area is 135 Å². The Bertz CT molecular complexity index is 578. The van der Waals surface area contributed by atoms with Gasteiger partial charge in [0, 0.05) is 12.1 Å². The highest BCUT2D eigenvalue weighted by atomic mass is 35.5. The molecule has 0 aliphatic heterocycles. The summed E-state index contributed by atoms with van der Waals surface area (Å²) in [4.78, 5) is 23.7. The predicted molar refractivity (Wildman–Crippen MR) is 87.2 cm³/mol. The number of rotatable bonds is 6. The van der Waals surface area contributed by atoms with Crippen molar-refractivity contribution in [3.8, 4) is 0 Å². The summed E-state index contributed by atoms with van der Waals surface area (Å²) in [5, 5.41) is 14.5. The molecule has 1 rings (SSSR count). The number of carboxylic acid groups (broad SMARTS) is 1. The first kappa shape index (κ1) is 18.2. The van der Waals surface area contributed by atoms with Gasteiger partial charge in [0.25, 0.3) is 5.91 Å². The first-order chi connectivity index (χ1) is 10.3. The van der Waals surface area contributed by atoms with Crippen molar-refractivity contribution >= 4 is 29.2 Å². The summed E-state index contributed by atoms with van der Waals surface area (Å²) >= 11 is 5.91. The van der Waals surface area contributed by atoms with Crippen LogP contribution in [0.2, 0.25) is 5.02 Å². The van der Waals surface area contributed by atoms with Gasteiger partial charge in [0.15, 0.2) is 0 Å². The number of benzene rings is 1. The van der Waals surface area contributed by atoms with Crippen molar-refractivity contribution in [1.29, 1.82) is 0 Å². The van der Waals surface area contributed by atoms with Crippen molar-refractivity contribution in [2.45, 2.75) is 39.0 Å². The summed E-state index contributed by atoms with van der Waals surface area (Å²) in [7, 11) is 1.48. The lowest BCUT2D eigenvalue weighted by Gasteiger charge is -2.33. The van der Waals surface area contributed by atoms with E-state index in [4.69, 9.17) is 16.7 Å². The fourth-order valence-electron chi connectivity index (χ4n) is 2.48. The second-order valence-corrected chi connectivity index (χ2v) is 5.55. The standard InChI is InChI=1S/C16H21ClN2O3/c1-5-16(6-2,12-7-9-13(17)10-8-12)15(22)19(4)18-11(3)14(20)21/h7-10H,5-6H2,1-4H3,(H,20,21). The molecule has 0 radical (unpaired) electrons. The molecule has 0 saturated heterocycles. The number of nitrogens with zero attached hydrogens (tertiary/aromatic N) is 2. The average Bonchev–Trinajstić information content (AvgIpc) is 2.50. The van der Waals surface area contributed by atoms with Crippen LogP contribution >= 0.6 is 11.6 Å². The Morgan fingerprint density at radius 3 is 2.14 bits per heavy atom. The van der Waals surface area contributed by atoms with Gasteiger partial charge in [-0.05, 0) is 37.5 Å². The summed E-state index contributed by atoms with van der Waals surface area (Å²) in [5.74, 6) is -1.38. The molecule has 120 valence electrons. The third-order valence-electron chi connectivity index (χ3n) is 3.92. The molecule has 0 aromatic heterocycles. The van der Waals surface area contributed by atoms with Crippen molar-refractivity contribution in [2.75, 3.05) is 7.05 Å². The van der Waals surface area contributed by atoms with E-state index in [1.54, 1.807) is 12.1 Å². The van der Waals surface area contributed by atoms with Crippen LogP contribution in [-0.4, -0.2) is 34.8 Å². The molecule has 1 aromatic rings. The van der Waals surface area contributed by atoms with E-state index in [0.717, 1.165) is 10.6 Å². The summed E-state index contributed by atoms with van der Waals surface area (Å²) in [6.07, 6.45) is 1.16. The Hall–Kier alpha value is -1.88. The van der Waals surface area contributed by atoms with Gasteiger partial charge in [0.2, 0.25) is 0 Å². The van der Waals surface area contributed by atoms with Gasteiger partial charge in [-0.3, -0.25) is 4.79 Å². The van der Waals surface area contributed by atoms with Crippen molar-refractivity contribution in [3.05, 3.63) is 34.9 Å². The lowest BCUT2D eigenvalue weighted by molar-refractivity contribution is -0.136. The van der Waals surface area contributed by atoms with E-state index in [0.29, 0.717) is 17.9 Å². The molecule has 22 heavy (non-hydrogen) atoms. The zero-order chi connectivity index (χ0) is 16.9. The van der Waals surface area contributed by atoms with E-state index in [1.807, 2.05) is 26.0 Å². The largest absolute Gasteiger partial charge is 0.477 e. The minimum Gasteiger partial charge on any atom is -0.477 e. The lowest BCUT2D eigenvalue weighted by atomic mass is 9.75. The molecule has 0 unspecified atom stereocenters. The fourth-order valence-corrected chi connectivity index (χ4v) is 2.60. The van der Waals surface area contributed by atoms with Gasteiger partial charge in [-0.15, -0.1) is 0 Å². The van der Waals surface area contributed by atoms with E-state index >= 15 is 0 Å². The van der Waals surface area contributed by atoms with Gasteiger partial charge < -0.3 is 5.11 Å². The SMILES string of the molecule is CCC(CC)(C(=O)N(C)N=C(C)C(=O)O)c1ccc(Cl)cc1. The van der Waals surface area contributed by atoms with Crippen molar-refractivity contribution < 1.29 is 14.7 Å². The molecule has 0 fully saturated rings. The summed E-state index contributed by atoms with van der Waals surface area (Å²) in [6, 6.07) is 7.15. The molecule has 1 N–H and O–H groups in total. The maximum Gasteiger partial charge on any atom is 0.351 e. The van der Waals surface area contributed by atoms with Crippen LogP contribution in [0.4, 0.5) is 0 Å². The monoisotopic (exact) mass is 324 g/mol.